The normalized spacial score (nSPS) is 12.0. The zero-order valence-corrected chi connectivity index (χ0v) is 14.6. The minimum absolute atomic E-state index is 0.0436. The van der Waals surface area contributed by atoms with Gasteiger partial charge in [-0.2, -0.15) is 5.26 Å². The van der Waals surface area contributed by atoms with E-state index in [4.69, 9.17) is 14.7 Å². The lowest BCUT2D eigenvalue weighted by Crippen LogP contribution is -2.33. The summed E-state index contributed by atoms with van der Waals surface area (Å²) in [5.41, 5.74) is 1.21. The molecule has 1 N–H and O–H groups in total. The highest BCUT2D eigenvalue weighted by atomic mass is 16.6. The first-order valence-electron chi connectivity index (χ1n) is 7.81. The van der Waals surface area contributed by atoms with Crippen LogP contribution in [-0.4, -0.2) is 31.1 Å². The molecular weight excluding hydrogens is 308 g/mol. The number of esters is 1. The second kappa shape index (κ2) is 8.92. The molecule has 1 atom stereocenters. The van der Waals surface area contributed by atoms with Crippen LogP contribution in [-0.2, 0) is 19.7 Å². The number of carbonyl (C=O) groups is 2. The lowest BCUT2D eigenvalue weighted by molar-refractivity contribution is -0.154. The molecule has 1 aromatic rings. The van der Waals surface area contributed by atoms with Gasteiger partial charge in [0.1, 0.15) is 5.75 Å². The summed E-state index contributed by atoms with van der Waals surface area (Å²) in [5, 5.41) is 10.8. The maximum absolute atomic E-state index is 11.8. The number of nitriles is 1. The van der Waals surface area contributed by atoms with Crippen LogP contribution in [0.2, 0.25) is 0 Å². The topological polar surface area (TPSA) is 88.4 Å². The zero-order valence-electron chi connectivity index (χ0n) is 14.6. The molecule has 0 unspecified atom stereocenters. The first kappa shape index (κ1) is 19.5. The van der Waals surface area contributed by atoms with E-state index in [1.165, 1.54) is 5.56 Å². The quantitative estimate of drug-likeness (QED) is 0.611. The molecule has 1 aromatic carbocycles. The van der Waals surface area contributed by atoms with E-state index >= 15 is 0 Å². The van der Waals surface area contributed by atoms with E-state index in [2.05, 4.69) is 26.1 Å². The van der Waals surface area contributed by atoms with Crippen molar-refractivity contribution in [1.82, 2.24) is 5.32 Å². The molecule has 0 aromatic heterocycles. The van der Waals surface area contributed by atoms with Crippen molar-refractivity contribution in [2.45, 2.75) is 45.6 Å². The number of nitrogens with zero attached hydrogens (tertiary/aromatic N) is 1. The van der Waals surface area contributed by atoms with Crippen LogP contribution in [0, 0.1) is 11.3 Å². The fraction of sp³-hybridized carbons (Fsp3) is 0.500. The third-order valence-corrected chi connectivity index (χ3v) is 3.27. The number of hydrogen-bond acceptors (Lipinski definition) is 5. The summed E-state index contributed by atoms with van der Waals surface area (Å²) >= 11 is 0. The minimum atomic E-state index is -0.822. The van der Waals surface area contributed by atoms with Crippen molar-refractivity contribution < 1.29 is 19.1 Å². The summed E-state index contributed by atoms with van der Waals surface area (Å²) in [6.45, 7) is 7.76. The van der Waals surface area contributed by atoms with Crippen LogP contribution in [0.15, 0.2) is 24.3 Å². The molecule has 6 heteroatoms. The van der Waals surface area contributed by atoms with Crippen LogP contribution in [0.5, 0.6) is 5.75 Å². The number of hydrogen-bond donors (Lipinski definition) is 1. The van der Waals surface area contributed by atoms with Gasteiger partial charge in [0, 0.05) is 6.54 Å². The van der Waals surface area contributed by atoms with E-state index in [0.717, 1.165) is 0 Å². The van der Waals surface area contributed by atoms with Crippen molar-refractivity contribution in [3.05, 3.63) is 29.8 Å². The Morgan fingerprint density at radius 2 is 1.88 bits per heavy atom. The average molecular weight is 332 g/mol. The Balaban J connectivity index is 2.44. The summed E-state index contributed by atoms with van der Waals surface area (Å²) in [6, 6.07) is 9.42. The number of carbonyl (C=O) groups excluding carboxylic acids is 2. The van der Waals surface area contributed by atoms with Gasteiger partial charge in [-0.05, 0) is 30.0 Å². The van der Waals surface area contributed by atoms with Gasteiger partial charge >= 0.3 is 5.97 Å². The molecule has 24 heavy (non-hydrogen) atoms. The summed E-state index contributed by atoms with van der Waals surface area (Å²) in [6.07, 6.45) is -0.610. The van der Waals surface area contributed by atoms with Crippen LogP contribution in [0.25, 0.3) is 0 Å². The number of amides is 1. The van der Waals surface area contributed by atoms with Crippen molar-refractivity contribution in [2.75, 3.05) is 13.2 Å². The highest BCUT2D eigenvalue weighted by Gasteiger charge is 2.18. The maximum Gasteiger partial charge on any atom is 0.347 e. The van der Waals surface area contributed by atoms with E-state index < -0.39 is 18.0 Å². The predicted molar refractivity (Wildman–Crippen MR) is 89.4 cm³/mol. The van der Waals surface area contributed by atoms with E-state index in [0.29, 0.717) is 5.75 Å². The fourth-order valence-electron chi connectivity index (χ4n) is 1.85. The maximum atomic E-state index is 11.8. The Bertz CT molecular complexity index is 597. The van der Waals surface area contributed by atoms with Crippen LogP contribution in [0.3, 0.4) is 0 Å². The van der Waals surface area contributed by atoms with Crippen molar-refractivity contribution in [3.8, 4) is 11.8 Å². The van der Waals surface area contributed by atoms with Crippen molar-refractivity contribution in [1.29, 1.82) is 5.26 Å². The minimum Gasteiger partial charge on any atom is -0.479 e. The first-order chi connectivity index (χ1) is 11.2. The molecule has 0 aliphatic heterocycles. The van der Waals surface area contributed by atoms with Crippen LogP contribution < -0.4 is 10.1 Å². The third kappa shape index (κ3) is 6.69. The van der Waals surface area contributed by atoms with E-state index in [1.54, 1.807) is 19.1 Å². The van der Waals surface area contributed by atoms with E-state index in [1.807, 2.05) is 18.2 Å². The van der Waals surface area contributed by atoms with Gasteiger partial charge in [0.05, 0.1) is 12.5 Å². The molecule has 0 aliphatic rings. The second-order valence-corrected chi connectivity index (χ2v) is 6.40. The molecular formula is C18H24N2O4. The van der Waals surface area contributed by atoms with Gasteiger partial charge in [-0.25, -0.2) is 4.79 Å². The van der Waals surface area contributed by atoms with Crippen molar-refractivity contribution in [2.24, 2.45) is 0 Å². The summed E-state index contributed by atoms with van der Waals surface area (Å²) in [7, 11) is 0. The Kier molecular flexibility index (Phi) is 7.25. The van der Waals surface area contributed by atoms with Gasteiger partial charge in [-0.1, -0.05) is 32.9 Å². The summed E-state index contributed by atoms with van der Waals surface area (Å²) < 4.78 is 10.4. The standard InChI is InChI=1S/C18H24N2O4/c1-13(17(22)23-12-16(21)20-11-5-10-19)24-15-8-6-14(7-9-15)18(2,3)4/h6-9,13H,5,11-12H2,1-4H3,(H,20,21)/t13-/m0/s1. The van der Waals surface area contributed by atoms with Crippen molar-refractivity contribution in [3.63, 3.8) is 0 Å². The average Bonchev–Trinajstić information content (AvgIpc) is 2.52. The van der Waals surface area contributed by atoms with Crippen LogP contribution in [0.1, 0.15) is 39.7 Å². The number of ether oxygens (including phenoxy) is 2. The third-order valence-electron chi connectivity index (χ3n) is 3.27. The monoisotopic (exact) mass is 332 g/mol. The zero-order chi connectivity index (χ0) is 18.2. The Morgan fingerprint density at radius 1 is 1.25 bits per heavy atom. The number of benzene rings is 1. The van der Waals surface area contributed by atoms with Gasteiger partial charge in [0.15, 0.2) is 12.7 Å². The molecule has 0 saturated heterocycles. The fourth-order valence-corrected chi connectivity index (χ4v) is 1.85. The molecule has 6 nitrogen and oxygen atoms in total. The smallest absolute Gasteiger partial charge is 0.347 e. The van der Waals surface area contributed by atoms with Gasteiger partial charge in [0.2, 0.25) is 0 Å². The van der Waals surface area contributed by atoms with Gasteiger partial charge in [-0.3, -0.25) is 4.79 Å². The van der Waals surface area contributed by atoms with Gasteiger partial charge < -0.3 is 14.8 Å². The Morgan fingerprint density at radius 3 is 2.42 bits per heavy atom. The number of nitrogens with one attached hydrogen (secondary N) is 1. The van der Waals surface area contributed by atoms with E-state index in [-0.39, 0.29) is 25.0 Å². The second-order valence-electron chi connectivity index (χ2n) is 6.40. The van der Waals surface area contributed by atoms with Gasteiger partial charge in [-0.15, -0.1) is 0 Å². The molecule has 0 saturated carbocycles. The Hall–Kier alpha value is -2.55. The Labute approximate surface area is 142 Å². The highest BCUT2D eigenvalue weighted by Crippen LogP contribution is 2.24. The molecule has 0 spiro atoms. The van der Waals surface area contributed by atoms with E-state index in [9.17, 15) is 9.59 Å². The van der Waals surface area contributed by atoms with Crippen LogP contribution in [0.4, 0.5) is 0 Å². The molecule has 1 rings (SSSR count). The first-order valence-corrected chi connectivity index (χ1v) is 7.81. The van der Waals surface area contributed by atoms with Crippen LogP contribution >= 0.6 is 0 Å². The molecule has 130 valence electrons. The molecule has 0 heterocycles. The number of rotatable bonds is 7. The SMILES string of the molecule is C[C@H](Oc1ccc(C(C)(C)C)cc1)C(=O)OCC(=O)NCCC#N. The predicted octanol–water partition coefficient (Wildman–Crippen LogP) is 2.32. The highest BCUT2D eigenvalue weighted by molar-refractivity contribution is 5.81. The lowest BCUT2D eigenvalue weighted by Gasteiger charge is -2.20. The molecule has 0 aliphatic carbocycles. The molecule has 1 amide bonds. The largest absolute Gasteiger partial charge is 0.479 e. The summed E-state index contributed by atoms with van der Waals surface area (Å²) in [5.74, 6) is -0.503. The summed E-state index contributed by atoms with van der Waals surface area (Å²) in [4.78, 5) is 23.2. The molecule has 0 bridgehead atoms. The van der Waals surface area contributed by atoms with Crippen molar-refractivity contribution >= 4 is 11.9 Å². The molecule has 0 radical (unpaired) electrons. The lowest BCUT2D eigenvalue weighted by atomic mass is 9.87. The van der Waals surface area contributed by atoms with Gasteiger partial charge in [0.25, 0.3) is 5.91 Å². The molecule has 0 fully saturated rings.